The third-order valence-electron chi connectivity index (χ3n) is 4.76. The van der Waals surface area contributed by atoms with E-state index in [2.05, 4.69) is 5.32 Å². The van der Waals surface area contributed by atoms with E-state index in [0.717, 1.165) is 23.4 Å². The highest BCUT2D eigenvalue weighted by Crippen LogP contribution is 2.21. The topological polar surface area (TPSA) is 75.7 Å². The first kappa shape index (κ1) is 22.8. The highest BCUT2D eigenvalue weighted by atomic mass is 32.2. The van der Waals surface area contributed by atoms with E-state index in [0.29, 0.717) is 6.54 Å². The summed E-state index contributed by atoms with van der Waals surface area (Å²) < 4.78 is 43.4. The van der Waals surface area contributed by atoms with E-state index in [-0.39, 0.29) is 23.3 Å². The van der Waals surface area contributed by atoms with Gasteiger partial charge in [0.05, 0.1) is 23.3 Å². The molecule has 1 N–H and O–H groups in total. The Kier molecular flexibility index (Phi) is 7.75. The summed E-state index contributed by atoms with van der Waals surface area (Å²) in [7, 11) is 1.69. The van der Waals surface area contributed by atoms with Crippen LogP contribution in [0, 0.1) is 5.82 Å². The van der Waals surface area contributed by atoms with Crippen molar-refractivity contribution < 1.29 is 22.3 Å². The molecule has 0 fully saturated rings. The molecular weight excluding hydrogens is 395 g/mol. The lowest BCUT2D eigenvalue weighted by Crippen LogP contribution is -2.36. The zero-order valence-corrected chi connectivity index (χ0v) is 17.9. The molecule has 29 heavy (non-hydrogen) atoms. The summed E-state index contributed by atoms with van der Waals surface area (Å²) in [5.74, 6) is -0.124. The van der Waals surface area contributed by atoms with Gasteiger partial charge in [-0.15, -0.1) is 0 Å². The maximum absolute atomic E-state index is 13.0. The number of methoxy groups -OCH3 is 1. The minimum absolute atomic E-state index is 0.00333. The lowest BCUT2D eigenvalue weighted by molar-refractivity contribution is -0.121. The highest BCUT2D eigenvalue weighted by Gasteiger charge is 2.26. The molecule has 0 saturated heterocycles. The van der Waals surface area contributed by atoms with Crippen LogP contribution in [0.4, 0.5) is 4.39 Å². The number of likely N-dealkylation sites (N-methyl/N-ethyl adjacent to an activating group) is 1. The molecule has 0 saturated carbocycles. The lowest BCUT2D eigenvalue weighted by atomic mass is 10.1. The Bertz CT molecular complexity index is 913. The molecule has 0 aliphatic carbocycles. The fourth-order valence-corrected chi connectivity index (χ4v) is 4.29. The van der Waals surface area contributed by atoms with Crippen molar-refractivity contribution in [1.82, 2.24) is 10.2 Å². The van der Waals surface area contributed by atoms with Crippen molar-refractivity contribution in [3.05, 3.63) is 59.9 Å². The van der Waals surface area contributed by atoms with Crippen LogP contribution >= 0.6 is 0 Å². The Balaban J connectivity index is 2.00. The van der Waals surface area contributed by atoms with E-state index >= 15 is 0 Å². The predicted octanol–water partition coefficient (Wildman–Crippen LogP) is 2.81. The Hall–Kier alpha value is -2.45. The first-order valence-corrected chi connectivity index (χ1v) is 10.8. The Morgan fingerprint density at radius 3 is 2.21 bits per heavy atom. The lowest BCUT2D eigenvalue weighted by Gasteiger charge is -2.25. The number of halogens is 1. The van der Waals surface area contributed by atoms with Crippen LogP contribution in [0.2, 0.25) is 0 Å². The summed E-state index contributed by atoms with van der Waals surface area (Å²) in [5.41, 5.74) is 1.00. The molecule has 1 amide bonds. The summed E-state index contributed by atoms with van der Waals surface area (Å²) in [6.45, 7) is 1.81. The van der Waals surface area contributed by atoms with E-state index in [9.17, 15) is 17.6 Å². The fraction of sp³-hybridized carbons (Fsp3) is 0.381. The number of benzene rings is 2. The fourth-order valence-electron chi connectivity index (χ4n) is 2.93. The van der Waals surface area contributed by atoms with Crippen molar-refractivity contribution in [2.24, 2.45) is 0 Å². The van der Waals surface area contributed by atoms with Crippen LogP contribution in [-0.4, -0.2) is 52.2 Å². The van der Waals surface area contributed by atoms with E-state index in [1.807, 2.05) is 43.3 Å². The maximum atomic E-state index is 13.0. The molecule has 0 bridgehead atoms. The van der Waals surface area contributed by atoms with Gasteiger partial charge in [-0.05, 0) is 63.0 Å². The van der Waals surface area contributed by atoms with E-state index in [4.69, 9.17) is 4.74 Å². The normalized spacial score (nSPS) is 13.7. The van der Waals surface area contributed by atoms with E-state index in [1.165, 1.54) is 19.1 Å². The predicted molar refractivity (Wildman–Crippen MR) is 110 cm³/mol. The van der Waals surface area contributed by atoms with Crippen LogP contribution in [0.3, 0.4) is 0 Å². The molecule has 2 atom stereocenters. The van der Waals surface area contributed by atoms with Gasteiger partial charge in [-0.2, -0.15) is 0 Å². The van der Waals surface area contributed by atoms with E-state index in [1.54, 1.807) is 7.11 Å². The van der Waals surface area contributed by atoms with Gasteiger partial charge in [0, 0.05) is 13.0 Å². The van der Waals surface area contributed by atoms with Crippen LogP contribution in [0.1, 0.15) is 24.9 Å². The quantitative estimate of drug-likeness (QED) is 0.629. The summed E-state index contributed by atoms with van der Waals surface area (Å²) in [5, 5.41) is 1.89. The number of ether oxygens (including phenoxy) is 1. The number of hydrogen-bond donors (Lipinski definition) is 1. The molecule has 0 heterocycles. The Labute approximate surface area is 171 Å². The summed E-state index contributed by atoms with van der Waals surface area (Å²) in [6.07, 6.45) is -0.178. The number of amides is 1. The van der Waals surface area contributed by atoms with Gasteiger partial charge in [0.2, 0.25) is 5.91 Å². The minimum atomic E-state index is -3.72. The maximum Gasteiger partial charge on any atom is 0.221 e. The van der Waals surface area contributed by atoms with Gasteiger partial charge in [0.15, 0.2) is 9.84 Å². The number of nitrogens with one attached hydrogen (secondary N) is 1. The molecule has 158 valence electrons. The van der Waals surface area contributed by atoms with Gasteiger partial charge < -0.3 is 15.0 Å². The number of carbonyl (C=O) groups is 1. The van der Waals surface area contributed by atoms with Crippen LogP contribution in [-0.2, 0) is 14.6 Å². The van der Waals surface area contributed by atoms with Gasteiger partial charge in [0.1, 0.15) is 11.6 Å². The standard InChI is InChI=1S/C21H27FN2O4S/c1-15(29(26,27)19-11-7-17(22)8-12-19)13-21(25)23-14-20(24(2)3)16-5-9-18(28-4)10-6-16/h5-12,15,20H,13-14H2,1-4H3,(H,23,25). The third-order valence-corrected chi connectivity index (χ3v) is 6.92. The SMILES string of the molecule is COc1ccc(C(CNC(=O)CC(C)S(=O)(=O)c2ccc(F)cc2)N(C)C)cc1. The number of sulfone groups is 1. The van der Waals surface area contributed by atoms with Crippen molar-refractivity contribution in [3.8, 4) is 5.75 Å². The molecule has 2 unspecified atom stereocenters. The average molecular weight is 423 g/mol. The van der Waals surface area contributed by atoms with Gasteiger partial charge in [0.25, 0.3) is 0 Å². The molecule has 0 spiro atoms. The van der Waals surface area contributed by atoms with Gasteiger partial charge in [-0.25, -0.2) is 12.8 Å². The van der Waals surface area contributed by atoms with Crippen molar-refractivity contribution in [2.75, 3.05) is 27.7 Å². The summed E-state index contributed by atoms with van der Waals surface area (Å²) in [6, 6.07) is 12.1. The van der Waals surface area contributed by atoms with Crippen LogP contribution in [0.5, 0.6) is 5.75 Å². The number of hydrogen-bond acceptors (Lipinski definition) is 5. The van der Waals surface area contributed by atoms with Gasteiger partial charge in [-0.3, -0.25) is 4.79 Å². The number of rotatable bonds is 9. The van der Waals surface area contributed by atoms with Gasteiger partial charge in [-0.1, -0.05) is 12.1 Å². The molecule has 0 aliphatic rings. The smallest absolute Gasteiger partial charge is 0.221 e. The zero-order chi connectivity index (χ0) is 21.6. The van der Waals surface area contributed by atoms with Crippen molar-refractivity contribution in [3.63, 3.8) is 0 Å². The second-order valence-corrected chi connectivity index (χ2v) is 9.44. The zero-order valence-electron chi connectivity index (χ0n) is 17.1. The molecule has 2 aromatic carbocycles. The van der Waals surface area contributed by atoms with Crippen LogP contribution in [0.15, 0.2) is 53.4 Å². The van der Waals surface area contributed by atoms with Crippen molar-refractivity contribution in [2.45, 2.75) is 29.5 Å². The first-order valence-electron chi connectivity index (χ1n) is 9.21. The molecule has 6 nitrogen and oxygen atoms in total. The van der Waals surface area contributed by atoms with Gasteiger partial charge >= 0.3 is 0 Å². The number of carbonyl (C=O) groups excluding carboxylic acids is 1. The second kappa shape index (κ2) is 9.84. The van der Waals surface area contributed by atoms with Crippen molar-refractivity contribution >= 4 is 15.7 Å². The molecule has 0 aromatic heterocycles. The largest absolute Gasteiger partial charge is 0.497 e. The summed E-state index contributed by atoms with van der Waals surface area (Å²) >= 11 is 0. The van der Waals surface area contributed by atoms with Crippen LogP contribution in [0.25, 0.3) is 0 Å². The minimum Gasteiger partial charge on any atom is -0.497 e. The molecule has 8 heteroatoms. The molecule has 0 aliphatic heterocycles. The van der Waals surface area contributed by atoms with Crippen molar-refractivity contribution in [1.29, 1.82) is 0 Å². The average Bonchev–Trinajstić information content (AvgIpc) is 2.68. The third kappa shape index (κ3) is 6.01. The summed E-state index contributed by atoms with van der Waals surface area (Å²) in [4.78, 5) is 14.3. The second-order valence-electron chi connectivity index (χ2n) is 7.07. The molecule has 2 rings (SSSR count). The molecule has 2 aromatic rings. The Morgan fingerprint density at radius 1 is 1.10 bits per heavy atom. The molecule has 0 radical (unpaired) electrons. The number of nitrogens with zero attached hydrogens (tertiary/aromatic N) is 1. The Morgan fingerprint density at radius 2 is 1.69 bits per heavy atom. The molecular formula is C21H27FN2O4S. The first-order chi connectivity index (χ1) is 13.6. The monoisotopic (exact) mass is 422 g/mol. The van der Waals surface area contributed by atoms with Crippen LogP contribution < -0.4 is 10.1 Å². The van der Waals surface area contributed by atoms with E-state index < -0.39 is 20.9 Å². The highest BCUT2D eigenvalue weighted by molar-refractivity contribution is 7.92.